The van der Waals surface area contributed by atoms with Crippen LogP contribution in [0.1, 0.15) is 25.0 Å². The third-order valence-corrected chi connectivity index (χ3v) is 3.85. The number of carbonyl (C=O) groups excluding carboxylic acids is 1. The molecule has 0 unspecified atom stereocenters. The molecule has 2 aromatic rings. The summed E-state index contributed by atoms with van der Waals surface area (Å²) in [5, 5.41) is 2.61. The van der Waals surface area contributed by atoms with Gasteiger partial charge in [0.2, 0.25) is 5.95 Å². The zero-order valence-electron chi connectivity index (χ0n) is 12.3. The van der Waals surface area contributed by atoms with E-state index in [4.69, 9.17) is 10.5 Å². The number of nitrogens with zero attached hydrogens (tertiary/aromatic N) is 4. The molecular weight excluding hydrogens is 288 g/mol. The lowest BCUT2D eigenvalue weighted by Gasteiger charge is -2.33. The monoisotopic (exact) mass is 306 g/mol. The van der Waals surface area contributed by atoms with E-state index in [9.17, 15) is 9.59 Å². The Morgan fingerprint density at radius 1 is 1.50 bits per heavy atom. The molecule has 9 nitrogen and oxygen atoms in total. The highest BCUT2D eigenvalue weighted by Gasteiger charge is 2.29. The largest absolute Gasteiger partial charge is 0.468 e. The van der Waals surface area contributed by atoms with Gasteiger partial charge in [-0.2, -0.15) is 9.50 Å². The zero-order valence-corrected chi connectivity index (χ0v) is 12.3. The standard InChI is InChI=1S/C13H18N6O3/c1-22-11(21)9-4-2-3-5-18(9)7-8-6-10(20)19-13(15-8)16-12(14)17-19/h6,9H,2-5,7H2,1H3,(H3,14,15,16,17)/t9-/m1/s1. The number of likely N-dealkylation sites (tertiary alicyclic amines) is 1. The van der Waals surface area contributed by atoms with Crippen LogP contribution in [0.3, 0.4) is 0 Å². The first-order valence-corrected chi connectivity index (χ1v) is 7.14. The molecule has 0 saturated carbocycles. The molecule has 3 rings (SSSR count). The third-order valence-electron chi connectivity index (χ3n) is 3.85. The van der Waals surface area contributed by atoms with E-state index in [-0.39, 0.29) is 29.3 Å². The topological polar surface area (TPSA) is 119 Å². The highest BCUT2D eigenvalue weighted by Crippen LogP contribution is 2.20. The Kier molecular flexibility index (Phi) is 3.80. The Balaban J connectivity index is 1.87. The molecule has 0 aliphatic carbocycles. The number of anilines is 1. The molecule has 22 heavy (non-hydrogen) atoms. The van der Waals surface area contributed by atoms with E-state index in [0.717, 1.165) is 25.8 Å². The van der Waals surface area contributed by atoms with Gasteiger partial charge in [-0.3, -0.25) is 19.6 Å². The summed E-state index contributed by atoms with van der Waals surface area (Å²) in [7, 11) is 1.39. The molecule has 0 amide bonds. The van der Waals surface area contributed by atoms with Crippen LogP contribution in [-0.2, 0) is 16.1 Å². The molecule has 118 valence electrons. The number of nitrogens with one attached hydrogen (secondary N) is 1. The highest BCUT2D eigenvalue weighted by molar-refractivity contribution is 5.75. The number of fused-ring (bicyclic) bond motifs is 1. The van der Waals surface area contributed by atoms with E-state index in [2.05, 4.69) is 15.1 Å². The normalized spacial score (nSPS) is 19.4. The van der Waals surface area contributed by atoms with Crippen molar-refractivity contribution in [2.75, 3.05) is 19.4 Å². The Labute approximate surface area is 126 Å². The predicted molar refractivity (Wildman–Crippen MR) is 78.1 cm³/mol. The lowest BCUT2D eigenvalue weighted by atomic mass is 10.0. The average molecular weight is 306 g/mol. The number of H-pyrrole nitrogens is 1. The molecule has 1 aliphatic heterocycles. The van der Waals surface area contributed by atoms with Crippen molar-refractivity contribution in [2.45, 2.75) is 31.8 Å². The van der Waals surface area contributed by atoms with Crippen LogP contribution in [0.2, 0.25) is 0 Å². The van der Waals surface area contributed by atoms with Gasteiger partial charge >= 0.3 is 5.97 Å². The van der Waals surface area contributed by atoms with E-state index in [1.165, 1.54) is 17.7 Å². The summed E-state index contributed by atoms with van der Waals surface area (Å²) in [6.45, 7) is 1.17. The van der Waals surface area contributed by atoms with Gasteiger partial charge in [0.25, 0.3) is 11.3 Å². The predicted octanol–water partition coefficient (Wildman–Crippen LogP) is -0.473. The number of esters is 1. The van der Waals surface area contributed by atoms with Gasteiger partial charge in [-0.05, 0) is 19.4 Å². The van der Waals surface area contributed by atoms with Gasteiger partial charge < -0.3 is 10.5 Å². The van der Waals surface area contributed by atoms with Crippen molar-refractivity contribution < 1.29 is 9.53 Å². The number of aromatic nitrogens is 4. The maximum atomic E-state index is 12.0. The number of hydrogen-bond acceptors (Lipinski definition) is 7. The van der Waals surface area contributed by atoms with Crippen LogP contribution in [-0.4, -0.2) is 50.1 Å². The molecule has 0 bridgehead atoms. The number of carbonyl (C=O) groups is 1. The van der Waals surface area contributed by atoms with E-state index < -0.39 is 0 Å². The summed E-state index contributed by atoms with van der Waals surface area (Å²) in [6.07, 6.45) is 2.74. The number of methoxy groups -OCH3 is 1. The fourth-order valence-electron chi connectivity index (χ4n) is 2.82. The quantitative estimate of drug-likeness (QED) is 0.736. The summed E-state index contributed by atoms with van der Waals surface area (Å²) < 4.78 is 6.04. The third kappa shape index (κ3) is 2.67. The summed E-state index contributed by atoms with van der Waals surface area (Å²) in [6, 6.07) is 1.14. The Hall–Kier alpha value is -2.42. The summed E-state index contributed by atoms with van der Waals surface area (Å²) >= 11 is 0. The number of piperidine rings is 1. The minimum atomic E-state index is -0.289. The maximum Gasteiger partial charge on any atom is 0.323 e. The molecule has 3 N–H and O–H groups in total. The van der Waals surface area contributed by atoms with Crippen molar-refractivity contribution >= 4 is 17.7 Å². The van der Waals surface area contributed by atoms with Crippen LogP contribution < -0.4 is 11.3 Å². The average Bonchev–Trinajstić information content (AvgIpc) is 2.88. The van der Waals surface area contributed by atoms with Gasteiger partial charge in [-0.25, -0.2) is 4.98 Å². The molecular formula is C13H18N6O3. The van der Waals surface area contributed by atoms with Crippen LogP contribution in [0, 0.1) is 0 Å². The number of aromatic amines is 1. The molecule has 1 saturated heterocycles. The number of nitrogen functional groups attached to an aromatic ring is 1. The summed E-state index contributed by atoms with van der Waals surface area (Å²) in [5.41, 5.74) is 5.82. The van der Waals surface area contributed by atoms with E-state index in [0.29, 0.717) is 12.2 Å². The molecule has 0 radical (unpaired) electrons. The van der Waals surface area contributed by atoms with Crippen molar-refractivity contribution in [2.24, 2.45) is 0 Å². The van der Waals surface area contributed by atoms with Crippen LogP contribution in [0.5, 0.6) is 0 Å². The van der Waals surface area contributed by atoms with Crippen LogP contribution in [0.4, 0.5) is 5.95 Å². The van der Waals surface area contributed by atoms with Gasteiger partial charge in [-0.1, -0.05) is 6.42 Å². The Morgan fingerprint density at radius 2 is 2.32 bits per heavy atom. The minimum Gasteiger partial charge on any atom is -0.468 e. The van der Waals surface area contributed by atoms with E-state index in [1.807, 2.05) is 4.90 Å². The number of nitrogens with two attached hydrogens (primary N) is 1. The lowest BCUT2D eigenvalue weighted by Crippen LogP contribution is -2.44. The molecule has 1 aliphatic rings. The van der Waals surface area contributed by atoms with Crippen molar-refractivity contribution in [1.82, 2.24) is 24.5 Å². The second-order valence-corrected chi connectivity index (χ2v) is 5.34. The van der Waals surface area contributed by atoms with Crippen molar-refractivity contribution in [3.05, 3.63) is 22.1 Å². The second-order valence-electron chi connectivity index (χ2n) is 5.34. The van der Waals surface area contributed by atoms with Crippen molar-refractivity contribution in [3.8, 4) is 0 Å². The summed E-state index contributed by atoms with van der Waals surface area (Å²) in [5.74, 6) is 0.111. The smallest absolute Gasteiger partial charge is 0.323 e. The maximum absolute atomic E-state index is 12.0. The van der Waals surface area contributed by atoms with Gasteiger partial charge in [0.05, 0.1) is 12.8 Å². The van der Waals surface area contributed by atoms with Crippen molar-refractivity contribution in [1.29, 1.82) is 0 Å². The molecule has 0 aromatic carbocycles. The molecule has 2 aromatic heterocycles. The first-order valence-electron chi connectivity index (χ1n) is 7.14. The van der Waals surface area contributed by atoms with Gasteiger partial charge in [0, 0.05) is 12.6 Å². The minimum absolute atomic E-state index is 0.132. The first-order chi connectivity index (χ1) is 10.6. The molecule has 0 spiro atoms. The SMILES string of the molecule is COC(=O)[C@H]1CCCCN1Cc1cc(=O)n2[nH]c(N)nc2n1. The summed E-state index contributed by atoms with van der Waals surface area (Å²) in [4.78, 5) is 34.1. The first kappa shape index (κ1) is 14.5. The Bertz CT molecular complexity index is 752. The molecule has 9 heteroatoms. The Morgan fingerprint density at radius 3 is 3.09 bits per heavy atom. The van der Waals surface area contributed by atoms with Gasteiger partial charge in [0.15, 0.2) is 0 Å². The number of rotatable bonds is 3. The van der Waals surface area contributed by atoms with Crippen LogP contribution >= 0.6 is 0 Å². The second kappa shape index (κ2) is 5.76. The van der Waals surface area contributed by atoms with Gasteiger partial charge in [0.1, 0.15) is 6.04 Å². The fourth-order valence-corrected chi connectivity index (χ4v) is 2.82. The van der Waals surface area contributed by atoms with Crippen LogP contribution in [0.15, 0.2) is 10.9 Å². The lowest BCUT2D eigenvalue weighted by molar-refractivity contribution is -0.148. The molecule has 1 fully saturated rings. The van der Waals surface area contributed by atoms with Gasteiger partial charge in [-0.15, -0.1) is 0 Å². The fraction of sp³-hybridized carbons (Fsp3) is 0.538. The van der Waals surface area contributed by atoms with E-state index in [1.54, 1.807) is 0 Å². The zero-order chi connectivity index (χ0) is 15.7. The van der Waals surface area contributed by atoms with Crippen molar-refractivity contribution in [3.63, 3.8) is 0 Å². The number of hydrogen-bond donors (Lipinski definition) is 2. The molecule has 3 heterocycles. The molecule has 1 atom stereocenters. The highest BCUT2D eigenvalue weighted by atomic mass is 16.5. The van der Waals surface area contributed by atoms with Crippen LogP contribution in [0.25, 0.3) is 5.78 Å². The van der Waals surface area contributed by atoms with E-state index >= 15 is 0 Å². The number of ether oxygens (including phenoxy) is 1.